The summed E-state index contributed by atoms with van der Waals surface area (Å²) in [4.78, 5) is 29.6. The number of pyridine rings is 1. The number of hydrogen-bond acceptors (Lipinski definition) is 5. The number of halogens is 1. The highest BCUT2D eigenvalue weighted by molar-refractivity contribution is 6.76. The number of ether oxygens (including phenoxy) is 2. The molecule has 2 heterocycles. The zero-order valence-corrected chi connectivity index (χ0v) is 26.5. The van der Waals surface area contributed by atoms with E-state index < -0.39 is 14.2 Å². The van der Waals surface area contributed by atoms with E-state index >= 15 is 0 Å². The molecule has 2 aliphatic rings. The topological polar surface area (TPSA) is 115 Å². The van der Waals surface area contributed by atoms with Gasteiger partial charge in [0.05, 0.1) is 17.7 Å². The molecule has 3 aromatic rings. The molecular formula is C32H43FN4O5Si. The van der Waals surface area contributed by atoms with E-state index in [2.05, 4.69) is 35.3 Å². The van der Waals surface area contributed by atoms with Crippen LogP contribution < -0.4 is 15.4 Å². The van der Waals surface area contributed by atoms with Crippen molar-refractivity contribution in [1.82, 2.24) is 20.2 Å². The smallest absolute Gasteiger partial charge is 0.404 e. The predicted molar refractivity (Wildman–Crippen MR) is 167 cm³/mol. The van der Waals surface area contributed by atoms with E-state index in [1.165, 1.54) is 12.1 Å². The SMILES string of the molecule is Cc1c(C(=O)N[C@H]2CC[C@H](NC(=O)O)CC2)c2nccc(-c3ccc(F)cc3OCC3CC3)c2n1COCC[Si](C)(C)C. The molecule has 2 aliphatic carbocycles. The Kier molecular flexibility index (Phi) is 9.41. The molecule has 2 aromatic heterocycles. The van der Waals surface area contributed by atoms with Gasteiger partial charge in [-0.3, -0.25) is 9.78 Å². The molecule has 0 radical (unpaired) electrons. The maximum absolute atomic E-state index is 14.4. The number of hydrogen-bond donors (Lipinski definition) is 3. The van der Waals surface area contributed by atoms with E-state index in [0.29, 0.717) is 61.6 Å². The Morgan fingerprint density at radius 2 is 1.74 bits per heavy atom. The van der Waals surface area contributed by atoms with Crippen molar-refractivity contribution in [2.24, 2.45) is 5.92 Å². The molecule has 9 nitrogen and oxygen atoms in total. The molecule has 2 fully saturated rings. The van der Waals surface area contributed by atoms with Crippen LogP contribution in [0.1, 0.15) is 54.6 Å². The van der Waals surface area contributed by atoms with Crippen molar-refractivity contribution in [3.8, 4) is 16.9 Å². The van der Waals surface area contributed by atoms with Crippen LogP contribution in [0.5, 0.6) is 5.75 Å². The summed E-state index contributed by atoms with van der Waals surface area (Å²) >= 11 is 0. The van der Waals surface area contributed by atoms with Crippen LogP contribution in [0.2, 0.25) is 25.7 Å². The first-order valence-corrected chi connectivity index (χ1v) is 19.0. The molecule has 3 N–H and O–H groups in total. The molecule has 1 aromatic carbocycles. The van der Waals surface area contributed by atoms with Crippen LogP contribution in [0.15, 0.2) is 30.5 Å². The first kappa shape index (κ1) is 31.0. The van der Waals surface area contributed by atoms with Gasteiger partial charge >= 0.3 is 6.09 Å². The minimum atomic E-state index is -1.30. The number of benzene rings is 1. The van der Waals surface area contributed by atoms with Crippen molar-refractivity contribution in [2.75, 3.05) is 13.2 Å². The summed E-state index contributed by atoms with van der Waals surface area (Å²) in [6.07, 6.45) is 5.61. The molecule has 232 valence electrons. The molecule has 0 bridgehead atoms. The number of carboxylic acid groups (broad SMARTS) is 1. The molecule has 0 aliphatic heterocycles. The Hall–Kier alpha value is -3.44. The van der Waals surface area contributed by atoms with Crippen LogP contribution in [0.4, 0.5) is 9.18 Å². The van der Waals surface area contributed by atoms with Crippen LogP contribution in [-0.2, 0) is 11.5 Å². The molecule has 5 rings (SSSR count). The second-order valence-corrected chi connectivity index (χ2v) is 18.8. The summed E-state index contributed by atoms with van der Waals surface area (Å²) in [6.45, 7) is 10.2. The number of aromatic nitrogens is 2. The Bertz CT molecular complexity index is 1470. The first-order chi connectivity index (χ1) is 20.5. The average molecular weight is 611 g/mol. The number of carbonyl (C=O) groups is 2. The fraction of sp³-hybridized carbons (Fsp3) is 0.531. The molecule has 0 atom stereocenters. The summed E-state index contributed by atoms with van der Waals surface area (Å²) in [5.41, 5.74) is 4.07. The van der Waals surface area contributed by atoms with Crippen LogP contribution in [0.25, 0.3) is 22.2 Å². The van der Waals surface area contributed by atoms with Crippen molar-refractivity contribution in [3.63, 3.8) is 0 Å². The standard InChI is InChI=1S/C32H43FN4O5Si/c1-20-28(31(38)35-23-8-10-24(11-9-23)36-32(39)40)29-30(37(20)19-41-15-16-43(2,3)4)26(13-14-34-29)25-12-7-22(33)17-27(25)42-18-21-5-6-21/h7,12-14,17,21,23-24,36H,5-6,8-11,15-16,18-19H2,1-4H3,(H,35,38)(H,39,40)/t23-,24-. The lowest BCUT2D eigenvalue weighted by Gasteiger charge is -2.28. The van der Waals surface area contributed by atoms with E-state index in [4.69, 9.17) is 14.6 Å². The summed E-state index contributed by atoms with van der Waals surface area (Å²) in [5.74, 6) is 0.397. The van der Waals surface area contributed by atoms with Crippen LogP contribution in [0.3, 0.4) is 0 Å². The van der Waals surface area contributed by atoms with E-state index in [0.717, 1.165) is 41.2 Å². The van der Waals surface area contributed by atoms with Crippen LogP contribution in [-0.4, -0.2) is 60.0 Å². The summed E-state index contributed by atoms with van der Waals surface area (Å²) in [5, 5.41) is 14.8. The van der Waals surface area contributed by atoms with Crippen molar-refractivity contribution in [3.05, 3.63) is 47.5 Å². The molecule has 0 saturated heterocycles. The Morgan fingerprint density at radius 1 is 1.05 bits per heavy atom. The average Bonchev–Trinajstić information content (AvgIpc) is 3.72. The van der Waals surface area contributed by atoms with Gasteiger partial charge < -0.3 is 29.8 Å². The Balaban J connectivity index is 1.49. The molecule has 0 spiro atoms. The molecule has 0 unspecified atom stereocenters. The van der Waals surface area contributed by atoms with E-state index in [9.17, 15) is 14.0 Å². The van der Waals surface area contributed by atoms with Crippen molar-refractivity contribution in [2.45, 2.75) is 89.9 Å². The summed E-state index contributed by atoms with van der Waals surface area (Å²) < 4.78 is 28.7. The zero-order chi connectivity index (χ0) is 30.7. The van der Waals surface area contributed by atoms with Crippen molar-refractivity contribution in [1.29, 1.82) is 0 Å². The third-order valence-electron chi connectivity index (χ3n) is 8.44. The lowest BCUT2D eigenvalue weighted by Crippen LogP contribution is -2.43. The molecule has 2 amide bonds. The number of rotatable bonds is 12. The van der Waals surface area contributed by atoms with Crippen molar-refractivity contribution >= 4 is 31.1 Å². The monoisotopic (exact) mass is 610 g/mol. The van der Waals surface area contributed by atoms with Gasteiger partial charge in [0.2, 0.25) is 0 Å². The lowest BCUT2D eigenvalue weighted by molar-refractivity contribution is 0.0878. The van der Waals surface area contributed by atoms with E-state index in [1.807, 2.05) is 17.6 Å². The Labute approximate surface area is 253 Å². The molecule has 2 saturated carbocycles. The minimum absolute atomic E-state index is 0.0622. The third kappa shape index (κ3) is 7.75. The van der Waals surface area contributed by atoms with Gasteiger partial charge in [-0.05, 0) is 75.6 Å². The maximum atomic E-state index is 14.4. The normalized spacial score (nSPS) is 18.9. The number of carbonyl (C=O) groups excluding carboxylic acids is 1. The van der Waals surface area contributed by atoms with Gasteiger partial charge in [-0.25, -0.2) is 9.18 Å². The highest BCUT2D eigenvalue weighted by Gasteiger charge is 2.29. The van der Waals surface area contributed by atoms with E-state index in [1.54, 1.807) is 12.3 Å². The molecule has 43 heavy (non-hydrogen) atoms. The fourth-order valence-corrected chi connectivity index (χ4v) is 6.47. The largest absolute Gasteiger partial charge is 0.493 e. The minimum Gasteiger partial charge on any atom is -0.493 e. The van der Waals surface area contributed by atoms with Gasteiger partial charge in [0.1, 0.15) is 23.8 Å². The number of nitrogens with zero attached hydrogens (tertiary/aromatic N) is 2. The first-order valence-electron chi connectivity index (χ1n) is 15.3. The van der Waals surface area contributed by atoms with Gasteiger partial charge in [-0.15, -0.1) is 0 Å². The lowest BCUT2D eigenvalue weighted by atomic mass is 9.91. The Morgan fingerprint density at radius 3 is 2.40 bits per heavy atom. The van der Waals surface area contributed by atoms with Gasteiger partial charge in [0.25, 0.3) is 5.91 Å². The fourth-order valence-electron chi connectivity index (χ4n) is 5.71. The second kappa shape index (κ2) is 13.0. The third-order valence-corrected chi connectivity index (χ3v) is 10.1. The van der Waals surface area contributed by atoms with E-state index in [-0.39, 0.29) is 30.5 Å². The summed E-state index contributed by atoms with van der Waals surface area (Å²) in [6, 6.07) is 7.33. The predicted octanol–water partition coefficient (Wildman–Crippen LogP) is 6.56. The highest BCUT2D eigenvalue weighted by atomic mass is 28.3. The highest BCUT2D eigenvalue weighted by Crippen LogP contribution is 2.39. The van der Waals surface area contributed by atoms with Gasteiger partial charge in [0, 0.05) is 55.8 Å². The second-order valence-electron chi connectivity index (χ2n) is 13.2. The zero-order valence-electron chi connectivity index (χ0n) is 25.5. The number of nitrogens with one attached hydrogen (secondary N) is 2. The number of fused-ring (bicyclic) bond motifs is 1. The van der Waals surface area contributed by atoms with Crippen LogP contribution in [0, 0.1) is 18.7 Å². The number of amides is 2. The summed E-state index contributed by atoms with van der Waals surface area (Å²) in [7, 11) is -1.30. The van der Waals surface area contributed by atoms with Gasteiger partial charge in [-0.1, -0.05) is 19.6 Å². The van der Waals surface area contributed by atoms with Gasteiger partial charge in [-0.2, -0.15) is 0 Å². The van der Waals surface area contributed by atoms with Crippen molar-refractivity contribution < 1.29 is 28.6 Å². The molecular weight excluding hydrogens is 567 g/mol. The van der Waals surface area contributed by atoms with Crippen LogP contribution >= 0.6 is 0 Å². The molecule has 11 heteroatoms. The quantitative estimate of drug-likeness (QED) is 0.158. The maximum Gasteiger partial charge on any atom is 0.404 e. The van der Waals surface area contributed by atoms with Gasteiger partial charge in [0.15, 0.2) is 0 Å².